The first kappa shape index (κ1) is 16.4. The van der Waals surface area contributed by atoms with Gasteiger partial charge in [0, 0.05) is 32.1 Å². The first-order valence-corrected chi connectivity index (χ1v) is 9.83. The summed E-state index contributed by atoms with van der Waals surface area (Å²) in [5, 5.41) is 11.3. The van der Waals surface area contributed by atoms with E-state index < -0.39 is 10.0 Å². The minimum atomic E-state index is -3.23. The number of sulfonamides is 1. The highest BCUT2D eigenvalue weighted by Crippen LogP contribution is 2.20. The van der Waals surface area contributed by atoms with Crippen molar-refractivity contribution in [3.8, 4) is 0 Å². The van der Waals surface area contributed by atoms with Crippen LogP contribution in [0.25, 0.3) is 0 Å². The van der Waals surface area contributed by atoms with Gasteiger partial charge in [0.05, 0.1) is 12.2 Å². The minimum absolute atomic E-state index is 0.0440. The van der Waals surface area contributed by atoms with Crippen LogP contribution < -0.4 is 5.32 Å². The van der Waals surface area contributed by atoms with Gasteiger partial charge in [0.1, 0.15) is 11.6 Å². The Balaban J connectivity index is 1.60. The van der Waals surface area contributed by atoms with Gasteiger partial charge >= 0.3 is 0 Å². The molecule has 0 aliphatic carbocycles. The predicted molar refractivity (Wildman–Crippen MR) is 84.2 cm³/mol. The van der Waals surface area contributed by atoms with Crippen LogP contribution in [0, 0.1) is 12.8 Å². The highest BCUT2D eigenvalue weighted by atomic mass is 32.2. The van der Waals surface area contributed by atoms with Crippen molar-refractivity contribution in [1.29, 1.82) is 0 Å². The molecule has 0 bridgehead atoms. The lowest BCUT2D eigenvalue weighted by Gasteiger charge is -2.32. The summed E-state index contributed by atoms with van der Waals surface area (Å²) in [5.74, 6) is 1.52. The van der Waals surface area contributed by atoms with Gasteiger partial charge in [0.15, 0.2) is 0 Å². The van der Waals surface area contributed by atoms with E-state index in [0.717, 1.165) is 37.3 Å². The number of hydrogen-bond acceptors (Lipinski definition) is 5. The molecule has 2 aliphatic rings. The molecule has 8 nitrogen and oxygen atoms in total. The van der Waals surface area contributed by atoms with Gasteiger partial charge in [-0.3, -0.25) is 4.79 Å². The fraction of sp³-hybridized carbons (Fsp3) is 0.786. The summed E-state index contributed by atoms with van der Waals surface area (Å²) < 4.78 is 26.8. The van der Waals surface area contributed by atoms with E-state index in [2.05, 4.69) is 15.5 Å². The van der Waals surface area contributed by atoms with E-state index in [1.807, 2.05) is 11.5 Å². The van der Waals surface area contributed by atoms with Crippen molar-refractivity contribution >= 4 is 15.9 Å². The molecule has 1 N–H and O–H groups in total. The maximum atomic E-state index is 12.5. The zero-order valence-electron chi connectivity index (χ0n) is 13.5. The number of hydrogen-bond donors (Lipinski definition) is 1. The molecule has 3 rings (SSSR count). The van der Waals surface area contributed by atoms with Crippen LogP contribution in [-0.4, -0.2) is 58.8 Å². The molecule has 2 unspecified atom stereocenters. The number of carbonyl (C=O) groups excluding carboxylic acids is 1. The van der Waals surface area contributed by atoms with Crippen LogP contribution in [-0.2, 0) is 27.8 Å². The third-order valence-corrected chi connectivity index (χ3v) is 5.97. The van der Waals surface area contributed by atoms with E-state index in [1.165, 1.54) is 10.6 Å². The zero-order chi connectivity index (χ0) is 16.6. The summed E-state index contributed by atoms with van der Waals surface area (Å²) in [7, 11) is -3.23. The van der Waals surface area contributed by atoms with E-state index in [4.69, 9.17) is 0 Å². The van der Waals surface area contributed by atoms with Crippen LogP contribution >= 0.6 is 0 Å². The molecule has 0 radical (unpaired) electrons. The molecule has 0 spiro atoms. The number of fused-ring (bicyclic) bond motifs is 1. The predicted octanol–water partition coefficient (Wildman–Crippen LogP) is -0.311. The van der Waals surface area contributed by atoms with E-state index in [0.29, 0.717) is 13.1 Å². The first-order valence-electron chi connectivity index (χ1n) is 7.99. The second-order valence-electron chi connectivity index (χ2n) is 6.48. The van der Waals surface area contributed by atoms with Crippen LogP contribution in [0.4, 0.5) is 0 Å². The third-order valence-electron chi connectivity index (χ3n) is 4.70. The van der Waals surface area contributed by atoms with Gasteiger partial charge in [-0.1, -0.05) is 0 Å². The van der Waals surface area contributed by atoms with E-state index >= 15 is 0 Å². The van der Waals surface area contributed by atoms with Gasteiger partial charge in [-0.2, -0.15) is 0 Å². The Hall–Kier alpha value is -1.48. The fourth-order valence-corrected chi connectivity index (χ4v) is 4.27. The topological polar surface area (TPSA) is 97.2 Å². The van der Waals surface area contributed by atoms with Gasteiger partial charge in [-0.15, -0.1) is 10.2 Å². The average molecular weight is 341 g/mol. The molecule has 3 heterocycles. The van der Waals surface area contributed by atoms with E-state index in [-0.39, 0.29) is 24.4 Å². The van der Waals surface area contributed by atoms with Crippen LogP contribution in [0.5, 0.6) is 0 Å². The lowest BCUT2D eigenvalue weighted by molar-refractivity contribution is -0.127. The molecular formula is C14H23N5O3S. The minimum Gasteiger partial charge on any atom is -0.351 e. The Morgan fingerprint density at radius 3 is 2.78 bits per heavy atom. The smallest absolute Gasteiger partial charge is 0.224 e. The lowest BCUT2D eigenvalue weighted by atomic mass is 9.97. The number of aromatic nitrogens is 3. The fourth-order valence-electron chi connectivity index (χ4n) is 3.36. The van der Waals surface area contributed by atoms with Gasteiger partial charge < -0.3 is 9.88 Å². The van der Waals surface area contributed by atoms with Crippen molar-refractivity contribution in [3.05, 3.63) is 11.6 Å². The number of aryl methyl sites for hydroxylation is 2. The summed E-state index contributed by atoms with van der Waals surface area (Å²) in [6, 6.07) is 0.0540. The van der Waals surface area contributed by atoms with Crippen LogP contribution in [0.3, 0.4) is 0 Å². The third kappa shape index (κ3) is 3.55. The number of piperidine rings is 1. The summed E-state index contributed by atoms with van der Waals surface area (Å²) in [4.78, 5) is 12.5. The number of carbonyl (C=O) groups is 1. The van der Waals surface area contributed by atoms with E-state index in [1.54, 1.807) is 0 Å². The monoisotopic (exact) mass is 341 g/mol. The molecule has 1 aromatic heterocycles. The molecule has 9 heteroatoms. The summed E-state index contributed by atoms with van der Waals surface area (Å²) in [6.07, 6.45) is 4.30. The SMILES string of the molecule is Cc1nnc2n1CC(NC(=O)C1CCCN(S(C)(=O)=O)C1)CC2. The molecule has 1 amide bonds. The molecule has 0 saturated carbocycles. The van der Waals surface area contributed by atoms with Crippen LogP contribution in [0.15, 0.2) is 0 Å². The quantitative estimate of drug-likeness (QED) is 0.813. The lowest BCUT2D eigenvalue weighted by Crippen LogP contribution is -2.49. The average Bonchev–Trinajstić information content (AvgIpc) is 2.88. The number of nitrogens with one attached hydrogen (secondary N) is 1. The Labute approximate surface area is 136 Å². The van der Waals surface area contributed by atoms with Crippen molar-refractivity contribution in [3.63, 3.8) is 0 Å². The number of nitrogens with zero attached hydrogens (tertiary/aromatic N) is 4. The van der Waals surface area contributed by atoms with Crippen LogP contribution in [0.2, 0.25) is 0 Å². The van der Waals surface area contributed by atoms with Gasteiger partial charge in [0.2, 0.25) is 15.9 Å². The molecule has 1 fully saturated rings. The second kappa shape index (κ2) is 6.20. The Morgan fingerprint density at radius 2 is 2.04 bits per heavy atom. The summed E-state index contributed by atoms with van der Waals surface area (Å²) in [6.45, 7) is 3.39. The Kier molecular flexibility index (Phi) is 4.41. The van der Waals surface area contributed by atoms with Crippen molar-refractivity contribution in [1.82, 2.24) is 24.4 Å². The maximum absolute atomic E-state index is 12.5. The highest BCUT2D eigenvalue weighted by molar-refractivity contribution is 7.88. The van der Waals surface area contributed by atoms with Gasteiger partial charge in [0.25, 0.3) is 0 Å². The van der Waals surface area contributed by atoms with E-state index in [9.17, 15) is 13.2 Å². The zero-order valence-corrected chi connectivity index (χ0v) is 14.3. The van der Waals surface area contributed by atoms with Crippen LogP contribution in [0.1, 0.15) is 30.9 Å². The Bertz CT molecular complexity index is 699. The van der Waals surface area contributed by atoms with Crippen molar-refractivity contribution in [2.24, 2.45) is 5.92 Å². The maximum Gasteiger partial charge on any atom is 0.224 e. The number of amides is 1. The molecule has 23 heavy (non-hydrogen) atoms. The van der Waals surface area contributed by atoms with Crippen molar-refractivity contribution in [2.75, 3.05) is 19.3 Å². The molecule has 128 valence electrons. The second-order valence-corrected chi connectivity index (χ2v) is 8.46. The molecule has 0 aromatic carbocycles. The number of rotatable bonds is 3. The van der Waals surface area contributed by atoms with Gasteiger partial charge in [-0.05, 0) is 26.2 Å². The van der Waals surface area contributed by atoms with Crippen molar-refractivity contribution in [2.45, 2.75) is 45.2 Å². The molecule has 1 aromatic rings. The van der Waals surface area contributed by atoms with Gasteiger partial charge in [-0.25, -0.2) is 12.7 Å². The molecule has 2 atom stereocenters. The first-order chi connectivity index (χ1) is 10.8. The highest BCUT2D eigenvalue weighted by Gasteiger charge is 2.32. The standard InChI is InChI=1S/C14H23N5O3S/c1-10-16-17-13-6-5-12(9-19(10)13)15-14(20)11-4-3-7-18(8-11)23(2,21)22/h11-12H,3-9H2,1-2H3,(H,15,20). The largest absolute Gasteiger partial charge is 0.351 e. The molecular weight excluding hydrogens is 318 g/mol. The molecule has 1 saturated heterocycles. The summed E-state index contributed by atoms with van der Waals surface area (Å²) >= 11 is 0. The normalized spacial score (nSPS) is 25.8. The summed E-state index contributed by atoms with van der Waals surface area (Å²) in [5.41, 5.74) is 0. The Morgan fingerprint density at radius 1 is 1.26 bits per heavy atom. The van der Waals surface area contributed by atoms with Crippen molar-refractivity contribution < 1.29 is 13.2 Å². The molecule has 2 aliphatic heterocycles.